The van der Waals surface area contributed by atoms with Crippen LogP contribution < -0.4 is 5.73 Å². The lowest BCUT2D eigenvalue weighted by Gasteiger charge is -2.10. The van der Waals surface area contributed by atoms with Crippen LogP contribution in [0.3, 0.4) is 0 Å². The molecule has 0 saturated heterocycles. The standard InChI is InChI=1S/C18H18FNO4S/c1-11-5-7-14(8-6-11)25(23,24)16-15(18(16,10-20)17(21)22)12-3-2-4-13(19)9-12/h2-9,15-16H,10,20H2,1H3,(H,21,22)/t15-,16-,18+/m0/s1. The molecule has 0 bridgehead atoms. The van der Waals surface area contributed by atoms with Crippen LogP contribution in [0.4, 0.5) is 4.39 Å². The molecule has 1 aliphatic carbocycles. The number of sulfone groups is 1. The van der Waals surface area contributed by atoms with Gasteiger partial charge < -0.3 is 10.8 Å². The molecule has 3 rings (SSSR count). The van der Waals surface area contributed by atoms with Gasteiger partial charge in [0, 0.05) is 12.5 Å². The zero-order valence-electron chi connectivity index (χ0n) is 13.5. The second-order valence-electron chi connectivity index (χ2n) is 6.36. The highest BCUT2D eigenvalue weighted by Crippen LogP contribution is 2.63. The molecule has 2 aromatic carbocycles. The minimum absolute atomic E-state index is 0.0427. The van der Waals surface area contributed by atoms with Gasteiger partial charge in [-0.25, -0.2) is 12.8 Å². The van der Waals surface area contributed by atoms with Gasteiger partial charge in [-0.05, 0) is 36.8 Å². The third-order valence-electron chi connectivity index (χ3n) is 4.88. The molecule has 5 nitrogen and oxygen atoms in total. The maximum absolute atomic E-state index is 13.6. The summed E-state index contributed by atoms with van der Waals surface area (Å²) in [6.07, 6.45) is 0. The Kier molecular flexibility index (Phi) is 4.17. The summed E-state index contributed by atoms with van der Waals surface area (Å²) in [5, 5.41) is 8.46. The molecule has 3 atom stereocenters. The van der Waals surface area contributed by atoms with Crippen molar-refractivity contribution in [2.45, 2.75) is 23.0 Å². The van der Waals surface area contributed by atoms with E-state index in [-0.39, 0.29) is 11.4 Å². The number of carboxylic acid groups (broad SMARTS) is 1. The van der Waals surface area contributed by atoms with E-state index in [4.69, 9.17) is 5.73 Å². The van der Waals surface area contributed by atoms with E-state index in [1.54, 1.807) is 12.1 Å². The summed E-state index contributed by atoms with van der Waals surface area (Å²) >= 11 is 0. The number of carboxylic acids is 1. The van der Waals surface area contributed by atoms with Gasteiger partial charge in [0.1, 0.15) is 11.2 Å². The monoisotopic (exact) mass is 363 g/mol. The Balaban J connectivity index is 2.12. The molecule has 1 aliphatic rings. The Morgan fingerprint density at radius 2 is 1.88 bits per heavy atom. The highest BCUT2D eigenvalue weighted by atomic mass is 32.2. The molecule has 0 radical (unpaired) electrons. The summed E-state index contributed by atoms with van der Waals surface area (Å²) in [5.74, 6) is -2.73. The van der Waals surface area contributed by atoms with Crippen LogP contribution in [-0.2, 0) is 14.6 Å². The van der Waals surface area contributed by atoms with Crippen LogP contribution in [0.5, 0.6) is 0 Å². The number of benzene rings is 2. The molecule has 1 saturated carbocycles. The molecule has 0 aromatic heterocycles. The van der Waals surface area contributed by atoms with E-state index in [0.29, 0.717) is 5.56 Å². The Morgan fingerprint density at radius 1 is 1.24 bits per heavy atom. The van der Waals surface area contributed by atoms with Crippen LogP contribution in [0.1, 0.15) is 17.0 Å². The minimum Gasteiger partial charge on any atom is -0.481 e. The Morgan fingerprint density at radius 3 is 2.40 bits per heavy atom. The van der Waals surface area contributed by atoms with E-state index in [9.17, 15) is 22.7 Å². The van der Waals surface area contributed by atoms with Crippen molar-refractivity contribution in [1.82, 2.24) is 0 Å². The van der Waals surface area contributed by atoms with Crippen LogP contribution in [0.15, 0.2) is 53.4 Å². The number of rotatable bonds is 5. The summed E-state index contributed by atoms with van der Waals surface area (Å²) in [7, 11) is -3.94. The highest BCUT2D eigenvalue weighted by Gasteiger charge is 2.75. The van der Waals surface area contributed by atoms with Crippen molar-refractivity contribution >= 4 is 15.8 Å². The first kappa shape index (κ1) is 17.6. The maximum Gasteiger partial charge on any atom is 0.312 e. The molecule has 2 aromatic rings. The second kappa shape index (κ2) is 5.93. The van der Waals surface area contributed by atoms with Gasteiger partial charge in [0.25, 0.3) is 0 Å². The average Bonchev–Trinajstić information content (AvgIpc) is 3.27. The van der Waals surface area contributed by atoms with Crippen molar-refractivity contribution in [2.24, 2.45) is 11.1 Å². The zero-order valence-corrected chi connectivity index (χ0v) is 14.3. The number of aliphatic carboxylic acids is 1. The van der Waals surface area contributed by atoms with Crippen LogP contribution in [0.25, 0.3) is 0 Å². The number of halogens is 1. The first-order valence-corrected chi connectivity index (χ1v) is 9.29. The van der Waals surface area contributed by atoms with Gasteiger partial charge in [0.15, 0.2) is 9.84 Å². The number of aryl methyl sites for hydroxylation is 1. The number of carbonyl (C=O) groups is 1. The Labute approximate surface area is 145 Å². The molecule has 0 heterocycles. The van der Waals surface area contributed by atoms with Crippen LogP contribution in [0.2, 0.25) is 0 Å². The van der Waals surface area contributed by atoms with E-state index >= 15 is 0 Å². The highest BCUT2D eigenvalue weighted by molar-refractivity contribution is 7.92. The largest absolute Gasteiger partial charge is 0.481 e. The second-order valence-corrected chi connectivity index (χ2v) is 8.43. The van der Waals surface area contributed by atoms with Gasteiger partial charge in [-0.3, -0.25) is 4.79 Å². The van der Waals surface area contributed by atoms with E-state index in [1.165, 1.54) is 36.4 Å². The summed E-state index contributed by atoms with van der Waals surface area (Å²) in [4.78, 5) is 11.9. The van der Waals surface area contributed by atoms with Gasteiger partial charge in [-0.1, -0.05) is 29.8 Å². The molecular weight excluding hydrogens is 345 g/mol. The lowest BCUT2D eigenvalue weighted by molar-refractivity contribution is -0.143. The van der Waals surface area contributed by atoms with Gasteiger partial charge in [-0.2, -0.15) is 0 Å². The number of nitrogens with two attached hydrogens (primary N) is 1. The maximum atomic E-state index is 13.6. The van der Waals surface area contributed by atoms with Crippen LogP contribution in [-0.4, -0.2) is 31.3 Å². The third kappa shape index (κ3) is 2.63. The summed E-state index contributed by atoms with van der Waals surface area (Å²) < 4.78 is 39.7. The molecular formula is C18H18FNO4S. The predicted octanol–water partition coefficient (Wildman–Crippen LogP) is 2.10. The molecule has 0 aliphatic heterocycles. The van der Waals surface area contributed by atoms with E-state index in [2.05, 4.69) is 0 Å². The molecule has 3 N–H and O–H groups in total. The van der Waals surface area contributed by atoms with Crippen molar-refractivity contribution in [1.29, 1.82) is 0 Å². The zero-order chi connectivity index (χ0) is 18.4. The predicted molar refractivity (Wildman–Crippen MR) is 90.4 cm³/mol. The summed E-state index contributed by atoms with van der Waals surface area (Å²) in [6.45, 7) is 1.48. The third-order valence-corrected chi connectivity index (χ3v) is 7.17. The molecule has 0 spiro atoms. The van der Waals surface area contributed by atoms with E-state index < -0.39 is 38.2 Å². The van der Waals surface area contributed by atoms with Crippen molar-refractivity contribution in [3.63, 3.8) is 0 Å². The Hall–Kier alpha value is -2.25. The van der Waals surface area contributed by atoms with Crippen molar-refractivity contribution in [3.05, 3.63) is 65.5 Å². The molecule has 0 amide bonds. The van der Waals surface area contributed by atoms with Crippen LogP contribution in [0, 0.1) is 18.2 Å². The smallest absolute Gasteiger partial charge is 0.312 e. The minimum atomic E-state index is -3.94. The van der Waals surface area contributed by atoms with Gasteiger partial charge in [0.05, 0.1) is 10.1 Å². The van der Waals surface area contributed by atoms with Gasteiger partial charge >= 0.3 is 5.97 Å². The summed E-state index contributed by atoms with van der Waals surface area (Å²) in [6, 6.07) is 11.6. The molecule has 25 heavy (non-hydrogen) atoms. The SMILES string of the molecule is Cc1ccc(S(=O)(=O)[C@H]2[C@H](c3cccc(F)c3)[C@@]2(CN)C(=O)O)cc1. The fourth-order valence-electron chi connectivity index (χ4n) is 3.49. The Bertz CT molecular complexity index is 926. The number of hydrogen-bond acceptors (Lipinski definition) is 4. The quantitative estimate of drug-likeness (QED) is 0.848. The first-order chi connectivity index (χ1) is 11.7. The van der Waals surface area contributed by atoms with E-state index in [0.717, 1.165) is 5.56 Å². The van der Waals surface area contributed by atoms with E-state index in [1.807, 2.05) is 6.92 Å². The molecule has 0 unspecified atom stereocenters. The van der Waals surface area contributed by atoms with Crippen LogP contribution >= 0.6 is 0 Å². The topological polar surface area (TPSA) is 97.5 Å². The first-order valence-electron chi connectivity index (χ1n) is 7.74. The average molecular weight is 363 g/mol. The van der Waals surface area contributed by atoms with Gasteiger partial charge in [-0.15, -0.1) is 0 Å². The van der Waals surface area contributed by atoms with Crippen molar-refractivity contribution in [2.75, 3.05) is 6.54 Å². The van der Waals surface area contributed by atoms with Gasteiger partial charge in [0.2, 0.25) is 0 Å². The fourth-order valence-corrected chi connectivity index (χ4v) is 5.88. The van der Waals surface area contributed by atoms with Crippen molar-refractivity contribution in [3.8, 4) is 0 Å². The molecule has 132 valence electrons. The normalized spacial score (nSPS) is 25.6. The summed E-state index contributed by atoms with van der Waals surface area (Å²) in [5.41, 5.74) is 5.25. The molecule has 7 heteroatoms. The number of hydrogen-bond donors (Lipinski definition) is 2. The lowest BCUT2D eigenvalue weighted by atomic mass is 9.99. The fraction of sp³-hybridized carbons (Fsp3) is 0.278. The lowest BCUT2D eigenvalue weighted by Crippen LogP contribution is -2.31. The van der Waals surface area contributed by atoms with Crippen molar-refractivity contribution < 1.29 is 22.7 Å². The molecule has 1 fully saturated rings.